The molecule has 3 fully saturated rings. The topological polar surface area (TPSA) is 165 Å². The van der Waals surface area contributed by atoms with Gasteiger partial charge in [-0.05, 0) is 95.1 Å². The summed E-state index contributed by atoms with van der Waals surface area (Å²) in [6, 6.07) is 0. The lowest BCUT2D eigenvalue weighted by Gasteiger charge is -2.62. The number of hydrogen-bond donors (Lipinski definition) is 6. The van der Waals surface area contributed by atoms with Gasteiger partial charge in [-0.15, -0.1) is 0 Å². The summed E-state index contributed by atoms with van der Waals surface area (Å²) in [6.07, 6.45) is 6.66. The molecule has 0 aromatic carbocycles. The zero-order chi connectivity index (χ0) is 34.3. The van der Waals surface area contributed by atoms with Gasteiger partial charge in [0.25, 0.3) is 0 Å². The summed E-state index contributed by atoms with van der Waals surface area (Å²) in [6.45, 7) is 10.8. The first-order chi connectivity index (χ1) is 21.3. The summed E-state index contributed by atoms with van der Waals surface area (Å²) in [5.74, 6) is -2.32. The molecule has 0 aromatic heterocycles. The van der Waals surface area contributed by atoms with Crippen molar-refractivity contribution >= 4 is 11.8 Å². The predicted molar refractivity (Wildman–Crippen MR) is 174 cm³/mol. The molecule has 0 aromatic rings. The highest BCUT2D eigenvalue weighted by Crippen LogP contribution is 2.69. The molecule has 4 aliphatic carbocycles. The second kappa shape index (κ2) is 13.9. The zero-order valence-electron chi connectivity index (χ0n) is 29.1. The molecule has 9 nitrogen and oxygen atoms in total. The first-order valence-electron chi connectivity index (χ1n) is 18.0. The lowest BCUT2D eigenvalue weighted by molar-refractivity contribution is -0.206. The molecule has 0 amide bonds. The van der Waals surface area contributed by atoms with Gasteiger partial charge in [-0.2, -0.15) is 0 Å². The van der Waals surface area contributed by atoms with Gasteiger partial charge >= 0.3 is 5.97 Å². The minimum Gasteiger partial charge on any atom is -0.462 e. The quantitative estimate of drug-likeness (QED) is 0.117. The fraction of sp³-hybridized carbons (Fsp3) is 0.892. The average molecular weight is 651 g/mol. The Hall–Kier alpha value is -1.36. The van der Waals surface area contributed by atoms with Crippen molar-refractivity contribution in [2.24, 2.45) is 28.6 Å². The molecule has 6 N–H and O–H groups in total. The van der Waals surface area contributed by atoms with Gasteiger partial charge in [-0.1, -0.05) is 59.3 Å². The van der Waals surface area contributed by atoms with Gasteiger partial charge in [0.2, 0.25) is 0 Å². The summed E-state index contributed by atoms with van der Waals surface area (Å²) in [5, 5.41) is 67.5. The van der Waals surface area contributed by atoms with Crippen LogP contribution in [0.25, 0.3) is 0 Å². The molecule has 11 atom stereocenters. The average Bonchev–Trinajstić information content (AvgIpc) is 3.23. The highest BCUT2D eigenvalue weighted by Gasteiger charge is 2.72. The Labute approximate surface area is 275 Å². The van der Waals surface area contributed by atoms with Crippen LogP contribution in [0.4, 0.5) is 0 Å². The highest BCUT2D eigenvalue weighted by molar-refractivity contribution is 5.95. The molecule has 0 spiro atoms. The Balaban J connectivity index is 1.66. The molecule has 46 heavy (non-hydrogen) atoms. The third-order valence-corrected chi connectivity index (χ3v) is 12.7. The number of hydrogen-bond acceptors (Lipinski definition) is 9. The Morgan fingerprint density at radius 1 is 1.02 bits per heavy atom. The summed E-state index contributed by atoms with van der Waals surface area (Å²) in [7, 11) is 0. The van der Waals surface area contributed by atoms with E-state index in [0.717, 1.165) is 19.3 Å². The first-order valence-corrected chi connectivity index (χ1v) is 18.0. The molecule has 9 heteroatoms. The van der Waals surface area contributed by atoms with E-state index in [9.17, 15) is 40.2 Å². The molecule has 0 radical (unpaired) electrons. The van der Waals surface area contributed by atoms with Crippen molar-refractivity contribution in [1.29, 1.82) is 0 Å². The number of carbonyl (C=O) groups is 2. The summed E-state index contributed by atoms with van der Waals surface area (Å²) in [5.41, 5.74) is -5.63. The fourth-order valence-electron chi connectivity index (χ4n) is 9.96. The van der Waals surface area contributed by atoms with Crippen LogP contribution in [-0.2, 0) is 14.3 Å². The number of rotatable bonds is 14. The number of aliphatic hydroxyl groups excluding tert-OH is 3. The first kappa shape index (κ1) is 37.5. The summed E-state index contributed by atoms with van der Waals surface area (Å²) in [4.78, 5) is 27.2. The van der Waals surface area contributed by atoms with E-state index < -0.39 is 69.8 Å². The van der Waals surface area contributed by atoms with Crippen LogP contribution in [0.3, 0.4) is 0 Å². The molecule has 0 aliphatic heterocycles. The van der Waals surface area contributed by atoms with Crippen molar-refractivity contribution in [2.45, 2.75) is 179 Å². The van der Waals surface area contributed by atoms with Gasteiger partial charge in [-0.25, -0.2) is 0 Å². The maximum absolute atomic E-state index is 13.7. The van der Waals surface area contributed by atoms with Crippen LogP contribution >= 0.6 is 0 Å². The maximum atomic E-state index is 13.7. The van der Waals surface area contributed by atoms with Crippen LogP contribution < -0.4 is 0 Å². The number of ketones is 1. The van der Waals surface area contributed by atoms with Gasteiger partial charge in [0.05, 0.1) is 35.1 Å². The monoisotopic (exact) mass is 650 g/mol. The Morgan fingerprint density at radius 2 is 1.65 bits per heavy atom. The van der Waals surface area contributed by atoms with E-state index in [1.54, 1.807) is 20.8 Å². The molecule has 4 aliphatic rings. The van der Waals surface area contributed by atoms with Crippen LogP contribution in [-0.4, -0.2) is 83.6 Å². The van der Waals surface area contributed by atoms with Crippen LogP contribution in [0.5, 0.6) is 0 Å². The third-order valence-electron chi connectivity index (χ3n) is 12.7. The van der Waals surface area contributed by atoms with Crippen molar-refractivity contribution in [3.63, 3.8) is 0 Å². The fourth-order valence-corrected chi connectivity index (χ4v) is 9.96. The smallest absolute Gasteiger partial charge is 0.306 e. The zero-order valence-corrected chi connectivity index (χ0v) is 29.1. The molecule has 0 bridgehead atoms. The molecule has 4 rings (SSSR count). The molecular weight excluding hydrogens is 588 g/mol. The number of carbonyl (C=O) groups excluding carboxylic acids is 2. The van der Waals surface area contributed by atoms with Gasteiger partial charge in [-0.3, -0.25) is 9.59 Å². The van der Waals surface area contributed by atoms with E-state index in [1.165, 1.54) is 25.3 Å². The van der Waals surface area contributed by atoms with E-state index in [-0.39, 0.29) is 56.7 Å². The lowest BCUT2D eigenvalue weighted by atomic mass is 9.44. The van der Waals surface area contributed by atoms with Crippen LogP contribution in [0.15, 0.2) is 11.6 Å². The second-order valence-corrected chi connectivity index (χ2v) is 16.7. The molecular formula is C37H62O9. The summed E-state index contributed by atoms with van der Waals surface area (Å²) >= 11 is 0. The van der Waals surface area contributed by atoms with Crippen molar-refractivity contribution in [3.8, 4) is 0 Å². The van der Waals surface area contributed by atoms with Crippen molar-refractivity contribution in [1.82, 2.24) is 0 Å². The van der Waals surface area contributed by atoms with Gasteiger partial charge < -0.3 is 35.4 Å². The number of aliphatic hydroxyl groups is 6. The molecule has 0 saturated heterocycles. The minimum atomic E-state index is -1.64. The number of esters is 1. The Kier molecular flexibility index (Phi) is 11.3. The van der Waals surface area contributed by atoms with Gasteiger partial charge in [0.15, 0.2) is 5.78 Å². The second-order valence-electron chi connectivity index (χ2n) is 16.7. The van der Waals surface area contributed by atoms with Gasteiger partial charge in [0.1, 0.15) is 6.10 Å². The molecule has 0 heterocycles. The third kappa shape index (κ3) is 7.02. The Bertz CT molecular complexity index is 1130. The normalized spacial score (nSPS) is 39.5. The SMILES string of the molecule is CCCCCCCCCC(=O)O[C@@H]1C[C@]2(C)C([C@](C)(O)[C@H](O)CCC(C)(C)O)CC[C@@]2(O)C2=CC(=O)[C@@H]3C[C@@H](O)[C@@H](O)C[C@]3(C)C21. The number of unbranched alkanes of at least 4 members (excludes halogenated alkanes) is 6. The lowest BCUT2D eigenvalue weighted by Crippen LogP contribution is -2.66. The maximum Gasteiger partial charge on any atom is 0.306 e. The number of ether oxygens (including phenoxy) is 1. The van der Waals surface area contributed by atoms with Gasteiger partial charge in [0, 0.05) is 23.7 Å². The van der Waals surface area contributed by atoms with Crippen LogP contribution in [0, 0.1) is 28.6 Å². The van der Waals surface area contributed by atoms with E-state index in [0.29, 0.717) is 18.4 Å². The van der Waals surface area contributed by atoms with Crippen LogP contribution in [0.1, 0.15) is 138 Å². The molecule has 3 saturated carbocycles. The predicted octanol–water partition coefficient (Wildman–Crippen LogP) is 4.52. The minimum absolute atomic E-state index is 0.0932. The standard InChI is InChI=1S/C37H62O9/c1-7-8-9-10-11-12-13-14-31(42)46-28-22-35(5)29(36(6,44)30(41)16-17-33(2,3)43)15-18-37(35,45)24-20-25(38)23-19-26(39)27(40)21-34(23,4)32(24)28/h20,23,26-30,32,39-41,43-45H,7-19,21-22H2,1-6H3/t23-,26+,27-,28+,29?,30+,32?,34-,35+,36-,37+/m0/s1. The highest BCUT2D eigenvalue weighted by atomic mass is 16.5. The largest absolute Gasteiger partial charge is 0.462 e. The van der Waals surface area contributed by atoms with E-state index in [4.69, 9.17) is 4.74 Å². The van der Waals surface area contributed by atoms with E-state index in [2.05, 4.69) is 6.92 Å². The number of fused-ring (bicyclic) bond motifs is 5. The summed E-state index contributed by atoms with van der Waals surface area (Å²) < 4.78 is 6.33. The van der Waals surface area contributed by atoms with Crippen molar-refractivity contribution < 1.29 is 45.0 Å². The molecule has 264 valence electrons. The van der Waals surface area contributed by atoms with E-state index in [1.807, 2.05) is 13.8 Å². The van der Waals surface area contributed by atoms with Crippen LogP contribution in [0.2, 0.25) is 0 Å². The van der Waals surface area contributed by atoms with E-state index >= 15 is 0 Å². The molecule has 2 unspecified atom stereocenters. The van der Waals surface area contributed by atoms with Crippen molar-refractivity contribution in [3.05, 3.63) is 11.6 Å². The number of allylic oxidation sites excluding steroid dienone is 1. The Morgan fingerprint density at radius 3 is 2.28 bits per heavy atom. The van der Waals surface area contributed by atoms with Crippen molar-refractivity contribution in [2.75, 3.05) is 0 Å².